The van der Waals surface area contributed by atoms with E-state index in [9.17, 15) is 19.8 Å². The van der Waals surface area contributed by atoms with Crippen LogP contribution in [0.15, 0.2) is 78.9 Å². The Bertz CT molecular complexity index is 1340. The van der Waals surface area contributed by atoms with Gasteiger partial charge in [0.05, 0.1) is 24.9 Å². The number of likely N-dealkylation sites (N-methyl/N-ethyl adjacent to an activating group) is 1. The predicted molar refractivity (Wildman–Crippen MR) is 165 cm³/mol. The number of hydrogen-bond acceptors (Lipinski definition) is 8. The Morgan fingerprint density at radius 1 is 0.932 bits per heavy atom. The van der Waals surface area contributed by atoms with Crippen LogP contribution in [0, 0.1) is 0 Å². The Hall–Kier alpha value is -3.64. The molecule has 0 bridgehead atoms. The van der Waals surface area contributed by atoms with Gasteiger partial charge in [-0.3, -0.25) is 19.7 Å². The van der Waals surface area contributed by atoms with Crippen molar-refractivity contribution in [1.29, 1.82) is 0 Å². The van der Waals surface area contributed by atoms with E-state index in [1.54, 1.807) is 11.5 Å². The summed E-state index contributed by atoms with van der Waals surface area (Å²) >= 11 is 0. The summed E-state index contributed by atoms with van der Waals surface area (Å²) in [7, 11) is 1.97. The number of amides is 2. The predicted octanol–water partition coefficient (Wildman–Crippen LogP) is 4.78. The lowest BCUT2D eigenvalue weighted by molar-refractivity contribution is -0.253. The third kappa shape index (κ3) is 9.43. The fourth-order valence-corrected chi connectivity index (χ4v) is 5.30. The molecule has 2 amide bonds. The second-order valence-corrected chi connectivity index (χ2v) is 11.3. The highest BCUT2D eigenvalue weighted by atomic mass is 16.7. The van der Waals surface area contributed by atoms with Gasteiger partial charge in [-0.25, -0.2) is 5.48 Å². The lowest BCUT2D eigenvalue weighted by Gasteiger charge is -2.39. The van der Waals surface area contributed by atoms with Crippen LogP contribution in [0.3, 0.4) is 0 Å². The first-order valence-electron chi connectivity index (χ1n) is 15.0. The van der Waals surface area contributed by atoms with Gasteiger partial charge in [-0.1, -0.05) is 66.7 Å². The molecule has 1 aliphatic heterocycles. The number of aliphatic hydroxyl groups excluding tert-OH is 2. The minimum absolute atomic E-state index is 0.0386. The van der Waals surface area contributed by atoms with Crippen molar-refractivity contribution in [3.8, 4) is 0 Å². The van der Waals surface area contributed by atoms with Crippen molar-refractivity contribution in [1.82, 2.24) is 10.4 Å². The molecule has 5 atom stereocenters. The van der Waals surface area contributed by atoms with Gasteiger partial charge in [0.1, 0.15) is 0 Å². The summed E-state index contributed by atoms with van der Waals surface area (Å²) in [6.07, 6.45) is 0.131. The molecule has 10 nitrogen and oxygen atoms in total. The summed E-state index contributed by atoms with van der Waals surface area (Å²) in [5, 5.41) is 32.0. The maximum atomic E-state index is 12.5. The highest BCUT2D eigenvalue weighted by Crippen LogP contribution is 2.39. The number of ether oxygens (including phenoxy) is 2. The summed E-state index contributed by atoms with van der Waals surface area (Å²) in [4.78, 5) is 25.8. The Morgan fingerprint density at radius 3 is 2.32 bits per heavy atom. The summed E-state index contributed by atoms with van der Waals surface area (Å²) in [5.74, 6) is -0.649. The van der Waals surface area contributed by atoms with Crippen LogP contribution in [0.1, 0.15) is 79.8 Å². The first kappa shape index (κ1) is 33.3. The molecule has 0 saturated carbocycles. The van der Waals surface area contributed by atoms with Gasteiger partial charge in [-0.2, -0.15) is 0 Å². The number of rotatable bonds is 14. The number of carbonyl (C=O) groups excluding carboxylic acids is 2. The molecule has 236 valence electrons. The summed E-state index contributed by atoms with van der Waals surface area (Å²) in [6.45, 7) is 2.51. The number of nitrogens with zero attached hydrogens (tertiary/aromatic N) is 1. The zero-order valence-corrected chi connectivity index (χ0v) is 25.3. The number of unbranched alkanes of at least 4 members (excludes halogenated alkanes) is 1. The average molecular weight is 606 g/mol. The SMILES string of the molecule is CC(C(O)c1ccccc1)N(C)CC1CC(c2ccc(CO)cc2)OC(c2cccc(NC(=O)CCCCC(=O)NO)c2)O1. The van der Waals surface area contributed by atoms with Crippen molar-refractivity contribution >= 4 is 17.5 Å². The maximum absolute atomic E-state index is 12.5. The van der Waals surface area contributed by atoms with E-state index in [2.05, 4.69) is 10.2 Å². The van der Waals surface area contributed by atoms with E-state index >= 15 is 0 Å². The van der Waals surface area contributed by atoms with Crippen LogP contribution in [0.4, 0.5) is 5.69 Å². The van der Waals surface area contributed by atoms with Crippen molar-refractivity contribution < 1.29 is 34.5 Å². The zero-order chi connectivity index (χ0) is 31.5. The number of anilines is 1. The lowest BCUT2D eigenvalue weighted by Crippen LogP contribution is -2.43. The molecular formula is C34H43N3O7. The van der Waals surface area contributed by atoms with Crippen LogP contribution in [-0.2, 0) is 25.7 Å². The highest BCUT2D eigenvalue weighted by Gasteiger charge is 2.34. The summed E-state index contributed by atoms with van der Waals surface area (Å²) < 4.78 is 13.0. The van der Waals surface area contributed by atoms with Crippen molar-refractivity contribution in [2.75, 3.05) is 18.9 Å². The van der Waals surface area contributed by atoms with E-state index in [0.717, 1.165) is 22.3 Å². The van der Waals surface area contributed by atoms with Gasteiger partial charge in [0.25, 0.3) is 0 Å². The molecular weight excluding hydrogens is 562 g/mol. The third-order valence-electron chi connectivity index (χ3n) is 8.02. The molecule has 3 aromatic carbocycles. The van der Waals surface area contributed by atoms with E-state index in [0.29, 0.717) is 31.5 Å². The van der Waals surface area contributed by atoms with Crippen molar-refractivity contribution in [3.05, 3.63) is 101 Å². The topological polar surface area (TPSA) is 141 Å². The Labute approximate surface area is 258 Å². The van der Waals surface area contributed by atoms with Crippen LogP contribution in [-0.4, -0.2) is 57.9 Å². The summed E-state index contributed by atoms with van der Waals surface area (Å²) in [5.41, 5.74) is 5.60. The quantitative estimate of drug-likeness (QED) is 0.100. The Kier molecular flexibility index (Phi) is 12.4. The average Bonchev–Trinajstić information content (AvgIpc) is 3.06. The highest BCUT2D eigenvalue weighted by molar-refractivity contribution is 5.90. The molecule has 0 aliphatic carbocycles. The molecule has 44 heavy (non-hydrogen) atoms. The van der Waals surface area contributed by atoms with Crippen LogP contribution in [0.2, 0.25) is 0 Å². The monoisotopic (exact) mass is 605 g/mol. The van der Waals surface area contributed by atoms with Gasteiger partial charge >= 0.3 is 0 Å². The van der Waals surface area contributed by atoms with Crippen molar-refractivity contribution in [2.24, 2.45) is 0 Å². The van der Waals surface area contributed by atoms with Crippen LogP contribution in [0.5, 0.6) is 0 Å². The molecule has 1 heterocycles. The second-order valence-electron chi connectivity index (χ2n) is 11.3. The standard InChI is InChI=1S/C34H43N3O7/c1-23(33(41)26-9-4-3-5-10-26)37(2)21-29-20-30(25-17-15-24(22-38)16-18-25)44-34(43-29)27-11-8-12-28(19-27)35-31(39)13-6-7-14-32(40)36-42/h3-5,8-12,15-19,23,29-30,33-34,38,41-42H,6-7,13-14,20-22H2,1-2H3,(H,35,39)(H,36,40). The smallest absolute Gasteiger partial charge is 0.243 e. The van der Waals surface area contributed by atoms with Crippen LogP contribution < -0.4 is 10.8 Å². The molecule has 0 spiro atoms. The number of benzene rings is 3. The number of aliphatic hydroxyl groups is 2. The Morgan fingerprint density at radius 2 is 1.64 bits per heavy atom. The molecule has 5 N–H and O–H groups in total. The van der Waals surface area contributed by atoms with E-state index < -0.39 is 18.3 Å². The largest absolute Gasteiger partial charge is 0.392 e. The molecule has 0 radical (unpaired) electrons. The normalized spacial score (nSPS) is 19.7. The van der Waals surface area contributed by atoms with E-state index in [1.165, 1.54) is 0 Å². The molecule has 1 saturated heterocycles. The van der Waals surface area contributed by atoms with E-state index in [4.69, 9.17) is 14.7 Å². The van der Waals surface area contributed by atoms with E-state index in [1.807, 2.05) is 86.8 Å². The van der Waals surface area contributed by atoms with Gasteiger partial charge < -0.3 is 25.0 Å². The van der Waals surface area contributed by atoms with Crippen LogP contribution >= 0.6 is 0 Å². The molecule has 0 aromatic heterocycles. The summed E-state index contributed by atoms with van der Waals surface area (Å²) in [6, 6.07) is 24.5. The minimum atomic E-state index is -0.701. The van der Waals surface area contributed by atoms with Gasteiger partial charge in [0.15, 0.2) is 6.29 Å². The number of hydrogen-bond donors (Lipinski definition) is 5. The molecule has 3 aromatic rings. The lowest BCUT2D eigenvalue weighted by atomic mass is 9.98. The molecule has 4 rings (SSSR count). The third-order valence-corrected chi connectivity index (χ3v) is 8.02. The molecule has 5 unspecified atom stereocenters. The number of carbonyl (C=O) groups is 2. The van der Waals surface area contributed by atoms with Crippen molar-refractivity contribution in [2.45, 2.75) is 76.3 Å². The first-order chi connectivity index (χ1) is 21.3. The fourth-order valence-electron chi connectivity index (χ4n) is 5.30. The van der Waals surface area contributed by atoms with E-state index in [-0.39, 0.29) is 43.6 Å². The van der Waals surface area contributed by atoms with Gasteiger partial charge in [-0.05, 0) is 55.6 Å². The molecule has 10 heteroatoms. The zero-order valence-electron chi connectivity index (χ0n) is 25.3. The Balaban J connectivity index is 1.46. The fraction of sp³-hybridized carbons (Fsp3) is 0.412. The van der Waals surface area contributed by atoms with Gasteiger partial charge in [0.2, 0.25) is 11.8 Å². The van der Waals surface area contributed by atoms with Gasteiger partial charge in [-0.15, -0.1) is 0 Å². The second kappa shape index (κ2) is 16.4. The van der Waals surface area contributed by atoms with Crippen molar-refractivity contribution in [3.63, 3.8) is 0 Å². The minimum Gasteiger partial charge on any atom is -0.392 e. The van der Waals surface area contributed by atoms with Gasteiger partial charge in [0, 0.05) is 43.1 Å². The first-order valence-corrected chi connectivity index (χ1v) is 15.0. The van der Waals surface area contributed by atoms with Crippen LogP contribution in [0.25, 0.3) is 0 Å². The maximum Gasteiger partial charge on any atom is 0.243 e. The number of nitrogens with one attached hydrogen (secondary N) is 2. The number of hydroxylamine groups is 1. The molecule has 1 fully saturated rings. The molecule has 1 aliphatic rings.